The van der Waals surface area contributed by atoms with Crippen LogP contribution in [0, 0.1) is 11.8 Å². The highest BCUT2D eigenvalue weighted by molar-refractivity contribution is 6.17. The molecule has 2 N–H and O–H groups in total. The minimum atomic E-state index is -1.13. The van der Waals surface area contributed by atoms with Gasteiger partial charge in [0.15, 0.2) is 0 Å². The zero-order valence-corrected chi connectivity index (χ0v) is 18.0. The van der Waals surface area contributed by atoms with E-state index in [4.69, 9.17) is 9.47 Å². The molecular formula is C20H28N2O8. The van der Waals surface area contributed by atoms with Gasteiger partial charge in [0.25, 0.3) is 5.91 Å². The summed E-state index contributed by atoms with van der Waals surface area (Å²) in [6.07, 6.45) is 0. The van der Waals surface area contributed by atoms with E-state index in [9.17, 15) is 29.1 Å². The van der Waals surface area contributed by atoms with Gasteiger partial charge >= 0.3 is 11.9 Å². The fourth-order valence-corrected chi connectivity index (χ4v) is 2.52. The van der Waals surface area contributed by atoms with E-state index < -0.39 is 70.6 Å². The number of aliphatic hydroxyl groups excluding tert-OH is 1. The Morgan fingerprint density at radius 3 is 1.90 bits per heavy atom. The molecule has 0 saturated heterocycles. The van der Waals surface area contributed by atoms with E-state index in [1.807, 2.05) is 0 Å². The maximum Gasteiger partial charge on any atom is 0.342 e. The van der Waals surface area contributed by atoms with E-state index >= 15 is 0 Å². The molecule has 0 bridgehead atoms. The van der Waals surface area contributed by atoms with E-state index in [1.165, 1.54) is 27.7 Å². The third kappa shape index (κ3) is 5.46. The molecule has 0 atom stereocenters. The molecule has 10 heteroatoms. The maximum atomic E-state index is 13.2. The lowest BCUT2D eigenvalue weighted by molar-refractivity contribution is -0.146. The summed E-state index contributed by atoms with van der Waals surface area (Å²) in [4.78, 5) is 64.0. The Balaban J connectivity index is 3.87. The predicted molar refractivity (Wildman–Crippen MR) is 104 cm³/mol. The normalized spacial score (nSPS) is 14.8. The third-order valence-electron chi connectivity index (χ3n) is 4.05. The standard InChI is InChI=1S/C20H28N2O8/c1-7-29-19(27)13-12(23)9-22(17(25)11(5)6)18(26)15(21-16(24)10(3)4)14(13)20(28)30-8-2/h10-11,23H,7-9H2,1-6H3,(H,21,24). The SMILES string of the molecule is CCOC(=O)C1=C(O)CN(C(=O)C(C)C)C(=O)C(NC(=O)C(C)C)=C1C(=O)OCC. The van der Waals surface area contributed by atoms with Gasteiger partial charge in [-0.1, -0.05) is 27.7 Å². The lowest BCUT2D eigenvalue weighted by Crippen LogP contribution is -2.45. The monoisotopic (exact) mass is 424 g/mol. The third-order valence-corrected chi connectivity index (χ3v) is 4.05. The smallest absolute Gasteiger partial charge is 0.342 e. The molecule has 0 aromatic heterocycles. The average Bonchev–Trinajstić information content (AvgIpc) is 2.76. The molecule has 166 valence electrons. The molecule has 0 fully saturated rings. The van der Waals surface area contributed by atoms with Crippen LogP contribution in [0.3, 0.4) is 0 Å². The number of hydrogen-bond donors (Lipinski definition) is 2. The molecule has 3 amide bonds. The van der Waals surface area contributed by atoms with Gasteiger partial charge < -0.3 is 19.9 Å². The van der Waals surface area contributed by atoms with Crippen molar-refractivity contribution in [2.24, 2.45) is 11.8 Å². The summed E-state index contributed by atoms with van der Waals surface area (Å²) >= 11 is 0. The minimum absolute atomic E-state index is 0.0814. The Hall–Kier alpha value is -3.17. The number of aliphatic hydroxyl groups is 1. The van der Waals surface area contributed by atoms with Gasteiger partial charge in [-0.25, -0.2) is 9.59 Å². The van der Waals surface area contributed by atoms with Crippen LogP contribution in [-0.4, -0.2) is 59.4 Å². The number of esters is 2. The Kier molecular flexibility index (Phi) is 8.75. The molecule has 0 radical (unpaired) electrons. The lowest BCUT2D eigenvalue weighted by Gasteiger charge is -2.22. The van der Waals surface area contributed by atoms with Gasteiger partial charge in [0.05, 0.1) is 19.8 Å². The van der Waals surface area contributed by atoms with Crippen LogP contribution >= 0.6 is 0 Å². The molecule has 0 spiro atoms. The highest BCUT2D eigenvalue weighted by atomic mass is 16.5. The Morgan fingerprint density at radius 2 is 1.47 bits per heavy atom. The first-order valence-electron chi connectivity index (χ1n) is 9.65. The molecule has 0 aromatic rings. The zero-order chi connectivity index (χ0) is 23.2. The van der Waals surface area contributed by atoms with Crippen molar-refractivity contribution in [3.8, 4) is 0 Å². The van der Waals surface area contributed by atoms with Gasteiger partial charge in [-0.15, -0.1) is 0 Å². The van der Waals surface area contributed by atoms with Gasteiger partial charge in [-0.2, -0.15) is 0 Å². The second-order valence-electron chi connectivity index (χ2n) is 7.04. The van der Waals surface area contributed by atoms with Crippen molar-refractivity contribution in [1.82, 2.24) is 10.2 Å². The number of rotatable bonds is 7. The number of imide groups is 1. The molecule has 0 unspecified atom stereocenters. The van der Waals surface area contributed by atoms with Crippen molar-refractivity contribution < 1.29 is 38.6 Å². The summed E-state index contributed by atoms with van der Waals surface area (Å²) in [6.45, 7) is 8.34. The highest BCUT2D eigenvalue weighted by Gasteiger charge is 2.41. The van der Waals surface area contributed by atoms with Gasteiger partial charge in [-0.3, -0.25) is 19.3 Å². The van der Waals surface area contributed by atoms with Crippen molar-refractivity contribution in [2.45, 2.75) is 41.5 Å². The van der Waals surface area contributed by atoms with Crippen molar-refractivity contribution in [3.05, 3.63) is 22.6 Å². The number of ether oxygens (including phenoxy) is 2. The van der Waals surface area contributed by atoms with Crippen molar-refractivity contribution >= 4 is 29.7 Å². The molecule has 0 aromatic carbocycles. The van der Waals surface area contributed by atoms with Crippen molar-refractivity contribution in [2.75, 3.05) is 19.8 Å². The molecule has 10 nitrogen and oxygen atoms in total. The summed E-state index contributed by atoms with van der Waals surface area (Å²) in [5, 5.41) is 12.9. The molecule has 30 heavy (non-hydrogen) atoms. The van der Waals surface area contributed by atoms with Gasteiger partial charge in [0, 0.05) is 11.8 Å². The molecule has 1 heterocycles. The second-order valence-corrected chi connectivity index (χ2v) is 7.04. The minimum Gasteiger partial charge on any atom is -0.509 e. The summed E-state index contributed by atoms with van der Waals surface area (Å²) in [5.41, 5.74) is -1.93. The largest absolute Gasteiger partial charge is 0.509 e. The summed E-state index contributed by atoms with van der Waals surface area (Å²) in [5.74, 6) is -6.53. The Labute approximate surface area is 174 Å². The quantitative estimate of drug-likeness (QED) is 0.577. The first-order valence-corrected chi connectivity index (χ1v) is 9.65. The number of hydrogen-bond acceptors (Lipinski definition) is 8. The number of carbonyl (C=O) groups is 5. The predicted octanol–water partition coefficient (Wildman–Crippen LogP) is 0.976. The average molecular weight is 424 g/mol. The lowest BCUT2D eigenvalue weighted by atomic mass is 10.0. The van der Waals surface area contributed by atoms with Gasteiger partial charge in [0.2, 0.25) is 11.8 Å². The molecule has 1 rings (SSSR count). The van der Waals surface area contributed by atoms with Crippen molar-refractivity contribution in [3.63, 3.8) is 0 Å². The number of nitrogens with one attached hydrogen (secondary N) is 1. The van der Waals surface area contributed by atoms with Crippen LogP contribution in [0.1, 0.15) is 41.5 Å². The van der Waals surface area contributed by atoms with Crippen LogP contribution in [0.2, 0.25) is 0 Å². The topological polar surface area (TPSA) is 139 Å². The van der Waals surface area contributed by atoms with E-state index in [0.717, 1.165) is 0 Å². The van der Waals surface area contributed by atoms with E-state index in [1.54, 1.807) is 13.8 Å². The Bertz CT molecular complexity index is 808. The molecule has 1 aliphatic heterocycles. The molecular weight excluding hydrogens is 396 g/mol. The van der Waals surface area contributed by atoms with E-state index in [2.05, 4.69) is 5.32 Å². The van der Waals surface area contributed by atoms with Crippen molar-refractivity contribution in [1.29, 1.82) is 0 Å². The van der Waals surface area contributed by atoms with Gasteiger partial charge in [0.1, 0.15) is 22.6 Å². The van der Waals surface area contributed by atoms with Crippen LogP contribution < -0.4 is 5.32 Å². The highest BCUT2D eigenvalue weighted by Crippen LogP contribution is 2.27. The zero-order valence-electron chi connectivity index (χ0n) is 18.0. The van der Waals surface area contributed by atoms with E-state index in [-0.39, 0.29) is 13.2 Å². The molecule has 0 saturated carbocycles. The Morgan fingerprint density at radius 1 is 0.967 bits per heavy atom. The summed E-state index contributed by atoms with van der Waals surface area (Å²) in [6, 6.07) is 0. The van der Waals surface area contributed by atoms with Crippen LogP contribution in [0.15, 0.2) is 22.6 Å². The summed E-state index contributed by atoms with van der Waals surface area (Å²) < 4.78 is 9.87. The number of nitrogens with zero attached hydrogens (tertiary/aromatic N) is 1. The fourth-order valence-electron chi connectivity index (χ4n) is 2.52. The van der Waals surface area contributed by atoms with Crippen LogP contribution in [0.5, 0.6) is 0 Å². The molecule has 0 aliphatic carbocycles. The van der Waals surface area contributed by atoms with Crippen LogP contribution in [0.25, 0.3) is 0 Å². The van der Waals surface area contributed by atoms with Crippen LogP contribution in [0.4, 0.5) is 0 Å². The molecule has 1 aliphatic rings. The van der Waals surface area contributed by atoms with E-state index in [0.29, 0.717) is 4.90 Å². The number of carbonyl (C=O) groups excluding carboxylic acids is 5. The first-order chi connectivity index (χ1) is 14.0. The van der Waals surface area contributed by atoms with Gasteiger partial charge in [-0.05, 0) is 13.8 Å². The van der Waals surface area contributed by atoms with Crippen LogP contribution in [-0.2, 0) is 33.4 Å². The number of amides is 3. The second kappa shape index (κ2) is 10.6. The summed E-state index contributed by atoms with van der Waals surface area (Å²) in [7, 11) is 0. The fraction of sp³-hybridized carbons (Fsp3) is 0.550. The maximum absolute atomic E-state index is 13.2. The first kappa shape index (κ1) is 24.9.